The number of nitrogens with two attached hydrogens (primary N) is 1. The molecule has 18 heavy (non-hydrogen) atoms. The van der Waals surface area contributed by atoms with Crippen LogP contribution in [0, 0.1) is 0 Å². The van der Waals surface area contributed by atoms with Crippen molar-refractivity contribution in [2.75, 3.05) is 23.7 Å². The van der Waals surface area contributed by atoms with Crippen molar-refractivity contribution in [3.8, 4) is 0 Å². The van der Waals surface area contributed by atoms with E-state index in [0.717, 1.165) is 0 Å². The SMILES string of the molecule is CCN(CC(=O)NC(C)C)c1nc(Cl)ncc1N. The molecule has 1 rings (SSSR count). The van der Waals surface area contributed by atoms with Crippen molar-refractivity contribution in [1.29, 1.82) is 0 Å². The molecule has 0 aliphatic rings. The molecule has 0 radical (unpaired) electrons. The molecular weight excluding hydrogens is 254 g/mol. The highest BCUT2D eigenvalue weighted by molar-refractivity contribution is 6.28. The van der Waals surface area contributed by atoms with E-state index in [9.17, 15) is 4.79 Å². The van der Waals surface area contributed by atoms with E-state index in [1.54, 1.807) is 4.90 Å². The van der Waals surface area contributed by atoms with Crippen LogP contribution in [0.15, 0.2) is 6.20 Å². The molecule has 6 nitrogen and oxygen atoms in total. The van der Waals surface area contributed by atoms with Gasteiger partial charge in [0.05, 0.1) is 18.4 Å². The number of likely N-dealkylation sites (N-methyl/N-ethyl adjacent to an activating group) is 1. The Morgan fingerprint density at radius 2 is 2.28 bits per heavy atom. The predicted molar refractivity (Wildman–Crippen MR) is 72.6 cm³/mol. The summed E-state index contributed by atoms with van der Waals surface area (Å²) in [4.78, 5) is 21.3. The molecular formula is C11H18ClN5O. The minimum atomic E-state index is -0.0824. The van der Waals surface area contributed by atoms with Crippen molar-refractivity contribution in [3.05, 3.63) is 11.5 Å². The maximum absolute atomic E-state index is 11.7. The lowest BCUT2D eigenvalue weighted by molar-refractivity contribution is -0.120. The zero-order valence-corrected chi connectivity index (χ0v) is 11.5. The quantitative estimate of drug-likeness (QED) is 0.783. The average Bonchev–Trinajstić information content (AvgIpc) is 2.28. The lowest BCUT2D eigenvalue weighted by Crippen LogP contribution is -2.40. The molecule has 1 aromatic heterocycles. The Labute approximate surface area is 112 Å². The molecule has 100 valence electrons. The van der Waals surface area contributed by atoms with Crippen LogP contribution in [0.5, 0.6) is 0 Å². The molecule has 1 aromatic rings. The largest absolute Gasteiger partial charge is 0.394 e. The zero-order chi connectivity index (χ0) is 13.7. The van der Waals surface area contributed by atoms with Gasteiger partial charge in [-0.05, 0) is 32.4 Å². The lowest BCUT2D eigenvalue weighted by atomic mass is 10.3. The zero-order valence-electron chi connectivity index (χ0n) is 10.8. The van der Waals surface area contributed by atoms with Gasteiger partial charge in [-0.2, -0.15) is 4.98 Å². The van der Waals surface area contributed by atoms with Crippen LogP contribution < -0.4 is 16.0 Å². The number of hydrogen-bond acceptors (Lipinski definition) is 5. The van der Waals surface area contributed by atoms with Gasteiger partial charge in [0.2, 0.25) is 11.2 Å². The third kappa shape index (κ3) is 4.03. The van der Waals surface area contributed by atoms with Crippen LogP contribution in [0.1, 0.15) is 20.8 Å². The van der Waals surface area contributed by atoms with Crippen LogP contribution in [-0.2, 0) is 4.79 Å². The average molecular weight is 272 g/mol. The first-order valence-corrected chi connectivity index (χ1v) is 6.14. The van der Waals surface area contributed by atoms with E-state index in [1.807, 2.05) is 20.8 Å². The number of amides is 1. The summed E-state index contributed by atoms with van der Waals surface area (Å²) in [6.07, 6.45) is 1.44. The maximum Gasteiger partial charge on any atom is 0.239 e. The number of nitrogen functional groups attached to an aromatic ring is 1. The summed E-state index contributed by atoms with van der Waals surface area (Å²) in [6, 6.07) is 0.0996. The number of carbonyl (C=O) groups is 1. The topological polar surface area (TPSA) is 84.1 Å². The van der Waals surface area contributed by atoms with Crippen LogP contribution in [0.4, 0.5) is 11.5 Å². The number of aromatic nitrogens is 2. The fourth-order valence-electron chi connectivity index (χ4n) is 1.49. The molecule has 0 fully saturated rings. The molecule has 0 unspecified atom stereocenters. The Bertz CT molecular complexity index is 424. The number of rotatable bonds is 5. The van der Waals surface area contributed by atoms with E-state index in [1.165, 1.54) is 6.20 Å². The lowest BCUT2D eigenvalue weighted by Gasteiger charge is -2.23. The normalized spacial score (nSPS) is 10.5. The van der Waals surface area contributed by atoms with E-state index in [2.05, 4.69) is 15.3 Å². The Hall–Kier alpha value is -1.56. The number of anilines is 2. The van der Waals surface area contributed by atoms with Gasteiger partial charge in [0, 0.05) is 12.6 Å². The first kappa shape index (κ1) is 14.5. The van der Waals surface area contributed by atoms with E-state index >= 15 is 0 Å². The van der Waals surface area contributed by atoms with E-state index in [4.69, 9.17) is 17.3 Å². The van der Waals surface area contributed by atoms with E-state index in [-0.39, 0.29) is 23.8 Å². The van der Waals surface area contributed by atoms with Crippen LogP contribution >= 0.6 is 11.6 Å². The number of carbonyl (C=O) groups excluding carboxylic acids is 1. The molecule has 0 saturated heterocycles. The van der Waals surface area contributed by atoms with Crippen molar-refractivity contribution in [3.63, 3.8) is 0 Å². The molecule has 1 heterocycles. The first-order chi connectivity index (χ1) is 8.43. The molecule has 0 aliphatic carbocycles. The van der Waals surface area contributed by atoms with Crippen molar-refractivity contribution in [2.45, 2.75) is 26.8 Å². The van der Waals surface area contributed by atoms with Crippen LogP contribution in [0.25, 0.3) is 0 Å². The fourth-order valence-corrected chi connectivity index (χ4v) is 1.62. The van der Waals surface area contributed by atoms with Gasteiger partial charge in [0.15, 0.2) is 5.82 Å². The minimum Gasteiger partial charge on any atom is -0.394 e. The summed E-state index contributed by atoms with van der Waals surface area (Å²) in [5.74, 6) is 0.400. The number of halogens is 1. The highest BCUT2D eigenvalue weighted by Gasteiger charge is 2.15. The predicted octanol–water partition coefficient (Wildman–Crippen LogP) is 1.06. The first-order valence-electron chi connectivity index (χ1n) is 5.76. The molecule has 7 heteroatoms. The fraction of sp³-hybridized carbons (Fsp3) is 0.545. The number of hydrogen-bond donors (Lipinski definition) is 2. The second-order valence-electron chi connectivity index (χ2n) is 4.15. The molecule has 3 N–H and O–H groups in total. The number of nitrogens with one attached hydrogen (secondary N) is 1. The third-order valence-electron chi connectivity index (χ3n) is 2.23. The van der Waals surface area contributed by atoms with Crippen molar-refractivity contribution < 1.29 is 4.79 Å². The van der Waals surface area contributed by atoms with Crippen molar-refractivity contribution >= 4 is 29.0 Å². The number of nitrogens with zero attached hydrogens (tertiary/aromatic N) is 3. The van der Waals surface area contributed by atoms with Crippen LogP contribution in [-0.4, -0.2) is 35.0 Å². The van der Waals surface area contributed by atoms with E-state index in [0.29, 0.717) is 18.1 Å². The summed E-state index contributed by atoms with van der Waals surface area (Å²) in [5, 5.41) is 2.93. The Morgan fingerprint density at radius 1 is 1.61 bits per heavy atom. The molecule has 0 saturated carbocycles. The molecule has 0 atom stereocenters. The monoisotopic (exact) mass is 271 g/mol. The summed E-state index contributed by atoms with van der Waals surface area (Å²) >= 11 is 5.73. The van der Waals surface area contributed by atoms with Gasteiger partial charge in [-0.3, -0.25) is 4.79 Å². The Kier molecular flexibility index (Phi) is 5.15. The van der Waals surface area contributed by atoms with Gasteiger partial charge >= 0.3 is 0 Å². The third-order valence-corrected chi connectivity index (χ3v) is 2.41. The summed E-state index contributed by atoms with van der Waals surface area (Å²) in [6.45, 7) is 6.52. The summed E-state index contributed by atoms with van der Waals surface area (Å²) in [5.41, 5.74) is 6.19. The van der Waals surface area contributed by atoms with Gasteiger partial charge in [0.25, 0.3) is 0 Å². The molecule has 0 bridgehead atoms. The minimum absolute atomic E-state index is 0.0824. The van der Waals surface area contributed by atoms with Gasteiger partial charge in [0.1, 0.15) is 0 Å². The van der Waals surface area contributed by atoms with Gasteiger partial charge < -0.3 is 16.0 Å². The van der Waals surface area contributed by atoms with Crippen LogP contribution in [0.3, 0.4) is 0 Å². The molecule has 0 aliphatic heterocycles. The highest BCUT2D eigenvalue weighted by Crippen LogP contribution is 2.20. The second kappa shape index (κ2) is 6.39. The van der Waals surface area contributed by atoms with Crippen molar-refractivity contribution in [2.24, 2.45) is 0 Å². The maximum atomic E-state index is 11.7. The summed E-state index contributed by atoms with van der Waals surface area (Å²) < 4.78 is 0. The van der Waals surface area contributed by atoms with Gasteiger partial charge in [-0.1, -0.05) is 0 Å². The molecule has 1 amide bonds. The molecule has 0 aromatic carbocycles. The second-order valence-corrected chi connectivity index (χ2v) is 4.49. The Morgan fingerprint density at radius 3 is 2.83 bits per heavy atom. The van der Waals surface area contributed by atoms with E-state index < -0.39 is 0 Å². The van der Waals surface area contributed by atoms with Gasteiger partial charge in [-0.15, -0.1) is 0 Å². The van der Waals surface area contributed by atoms with Gasteiger partial charge in [-0.25, -0.2) is 4.98 Å². The summed E-state index contributed by atoms with van der Waals surface area (Å²) in [7, 11) is 0. The highest BCUT2D eigenvalue weighted by atomic mass is 35.5. The molecule has 0 spiro atoms. The van der Waals surface area contributed by atoms with Crippen LogP contribution in [0.2, 0.25) is 5.28 Å². The Balaban J connectivity index is 2.83. The smallest absolute Gasteiger partial charge is 0.239 e. The standard InChI is InChI=1S/C11H18ClN5O/c1-4-17(6-9(18)15-7(2)3)10-8(13)5-14-11(12)16-10/h5,7H,4,6,13H2,1-3H3,(H,15,18). The van der Waals surface area contributed by atoms with Crippen molar-refractivity contribution in [1.82, 2.24) is 15.3 Å².